The van der Waals surface area contributed by atoms with E-state index in [9.17, 15) is 4.79 Å². The summed E-state index contributed by atoms with van der Waals surface area (Å²) < 4.78 is 7.34. The lowest BCUT2D eigenvalue weighted by Crippen LogP contribution is -2.50. The summed E-state index contributed by atoms with van der Waals surface area (Å²) in [5, 5.41) is 7.26. The normalized spacial score (nSPS) is 23.4. The molecule has 2 unspecified atom stereocenters. The molecule has 2 fully saturated rings. The molecule has 26 heavy (non-hydrogen) atoms. The maximum absolute atomic E-state index is 12.8. The Morgan fingerprint density at radius 2 is 2.08 bits per heavy atom. The van der Waals surface area contributed by atoms with Crippen molar-refractivity contribution >= 4 is 11.7 Å². The number of hydrogen-bond donors (Lipinski definition) is 2. The number of pyridine rings is 1. The number of nitrogens with zero attached hydrogens (tertiary/aromatic N) is 4. The average molecular weight is 356 g/mol. The average Bonchev–Trinajstić information content (AvgIpc) is 3.36. The molecule has 4 heterocycles. The summed E-state index contributed by atoms with van der Waals surface area (Å²) in [6.45, 7) is 3.33. The van der Waals surface area contributed by atoms with Gasteiger partial charge in [-0.15, -0.1) is 0 Å². The first-order chi connectivity index (χ1) is 12.6. The highest BCUT2D eigenvalue weighted by Gasteiger charge is 2.35. The van der Waals surface area contributed by atoms with Gasteiger partial charge in [0.2, 0.25) is 0 Å². The third-order valence-electron chi connectivity index (χ3n) is 5.18. The highest BCUT2D eigenvalue weighted by Crippen LogP contribution is 2.23. The van der Waals surface area contributed by atoms with Gasteiger partial charge in [0.1, 0.15) is 5.82 Å². The number of likely N-dealkylation sites (tertiary alicyclic amines) is 1. The van der Waals surface area contributed by atoms with Crippen molar-refractivity contribution in [3.05, 3.63) is 30.2 Å². The van der Waals surface area contributed by atoms with Gasteiger partial charge in [0.05, 0.1) is 37.1 Å². The molecule has 0 aromatic carbocycles. The summed E-state index contributed by atoms with van der Waals surface area (Å²) in [5.41, 5.74) is 8.07. The summed E-state index contributed by atoms with van der Waals surface area (Å²) in [7, 11) is 1.85. The van der Waals surface area contributed by atoms with E-state index in [-0.39, 0.29) is 23.8 Å². The highest BCUT2D eigenvalue weighted by molar-refractivity contribution is 5.99. The van der Waals surface area contributed by atoms with Crippen LogP contribution in [0.5, 0.6) is 0 Å². The Kier molecular flexibility index (Phi) is 4.60. The van der Waals surface area contributed by atoms with Crippen LogP contribution in [0.1, 0.15) is 23.2 Å². The summed E-state index contributed by atoms with van der Waals surface area (Å²) >= 11 is 0. The Balaban J connectivity index is 1.52. The number of nitrogens with two attached hydrogens (primary N) is 1. The second-order valence-corrected chi connectivity index (χ2v) is 6.99. The Hall–Kier alpha value is -2.45. The monoisotopic (exact) mass is 356 g/mol. The van der Waals surface area contributed by atoms with E-state index in [0.717, 1.165) is 24.2 Å². The van der Waals surface area contributed by atoms with Gasteiger partial charge in [0.15, 0.2) is 0 Å². The van der Waals surface area contributed by atoms with E-state index in [2.05, 4.69) is 20.3 Å². The fourth-order valence-electron chi connectivity index (χ4n) is 3.75. The Bertz CT molecular complexity index is 799. The SMILES string of the molecule is Cn1cc(-c2cnc(N)c(C(=O)NC3COCC3N3CCCC3)c2)cn1. The smallest absolute Gasteiger partial charge is 0.255 e. The molecule has 2 atom stereocenters. The predicted octanol–water partition coefficient (Wildman–Crippen LogP) is 0.657. The largest absolute Gasteiger partial charge is 0.383 e. The van der Waals surface area contributed by atoms with E-state index in [0.29, 0.717) is 18.8 Å². The number of carbonyl (C=O) groups excluding carboxylic acids is 1. The van der Waals surface area contributed by atoms with Crippen LogP contribution >= 0.6 is 0 Å². The second kappa shape index (κ2) is 7.05. The van der Waals surface area contributed by atoms with Crippen molar-refractivity contribution < 1.29 is 9.53 Å². The van der Waals surface area contributed by atoms with Crippen LogP contribution in [-0.4, -0.2) is 64.0 Å². The first-order valence-corrected chi connectivity index (χ1v) is 8.99. The van der Waals surface area contributed by atoms with Gasteiger partial charge in [-0.1, -0.05) is 0 Å². The first kappa shape index (κ1) is 17.0. The molecule has 0 spiro atoms. The summed E-state index contributed by atoms with van der Waals surface area (Å²) in [6, 6.07) is 1.98. The number of hydrogen-bond acceptors (Lipinski definition) is 6. The zero-order chi connectivity index (χ0) is 18.1. The van der Waals surface area contributed by atoms with Crippen molar-refractivity contribution in [1.82, 2.24) is 25.0 Å². The van der Waals surface area contributed by atoms with Gasteiger partial charge in [0, 0.05) is 30.6 Å². The first-order valence-electron chi connectivity index (χ1n) is 8.99. The van der Waals surface area contributed by atoms with Crippen molar-refractivity contribution in [3.8, 4) is 11.1 Å². The molecule has 2 aromatic rings. The molecule has 3 N–H and O–H groups in total. The summed E-state index contributed by atoms with van der Waals surface area (Å²) in [5.74, 6) is 0.0206. The molecule has 0 saturated carbocycles. The minimum atomic E-state index is -0.208. The molecular formula is C18H24N6O2. The molecule has 1 amide bonds. The minimum Gasteiger partial charge on any atom is -0.383 e. The van der Waals surface area contributed by atoms with E-state index in [1.54, 1.807) is 23.1 Å². The minimum absolute atomic E-state index is 0.0259. The van der Waals surface area contributed by atoms with Gasteiger partial charge in [-0.3, -0.25) is 14.4 Å². The second-order valence-electron chi connectivity index (χ2n) is 6.99. The maximum atomic E-state index is 12.8. The van der Waals surface area contributed by atoms with E-state index in [1.165, 1.54) is 12.8 Å². The third-order valence-corrected chi connectivity index (χ3v) is 5.18. The molecule has 2 saturated heterocycles. The molecule has 8 nitrogen and oxygen atoms in total. The van der Waals surface area contributed by atoms with Crippen LogP contribution in [0, 0.1) is 0 Å². The topological polar surface area (TPSA) is 98.3 Å². The van der Waals surface area contributed by atoms with Crippen molar-refractivity contribution in [3.63, 3.8) is 0 Å². The number of anilines is 1. The van der Waals surface area contributed by atoms with Crippen LogP contribution in [0.25, 0.3) is 11.1 Å². The van der Waals surface area contributed by atoms with Crippen LogP contribution in [0.15, 0.2) is 24.7 Å². The van der Waals surface area contributed by atoms with Crippen molar-refractivity contribution in [2.24, 2.45) is 7.05 Å². The highest BCUT2D eigenvalue weighted by atomic mass is 16.5. The Morgan fingerprint density at radius 1 is 1.27 bits per heavy atom. The number of nitrogens with one attached hydrogen (secondary N) is 1. The van der Waals surface area contributed by atoms with Crippen molar-refractivity contribution in [1.29, 1.82) is 0 Å². The van der Waals surface area contributed by atoms with Gasteiger partial charge in [-0.05, 0) is 32.0 Å². The van der Waals surface area contributed by atoms with Crippen LogP contribution in [0.4, 0.5) is 5.82 Å². The number of carbonyl (C=O) groups is 1. The van der Waals surface area contributed by atoms with E-state index in [1.807, 2.05) is 13.2 Å². The zero-order valence-electron chi connectivity index (χ0n) is 14.9. The van der Waals surface area contributed by atoms with E-state index in [4.69, 9.17) is 10.5 Å². The molecule has 2 aromatic heterocycles. The molecule has 0 aliphatic carbocycles. The van der Waals surface area contributed by atoms with Crippen LogP contribution in [0.3, 0.4) is 0 Å². The van der Waals surface area contributed by atoms with Crippen LogP contribution in [-0.2, 0) is 11.8 Å². The molecular weight excluding hydrogens is 332 g/mol. The molecule has 2 aliphatic rings. The number of aryl methyl sites for hydroxylation is 1. The van der Waals surface area contributed by atoms with Gasteiger partial charge >= 0.3 is 0 Å². The standard InChI is InChI=1S/C18H24N6O2/c1-23-9-13(8-21-23)12-6-14(17(19)20-7-12)18(25)22-15-10-26-11-16(15)24-4-2-3-5-24/h6-9,15-16H,2-5,10-11H2,1H3,(H2,19,20)(H,22,25). The lowest BCUT2D eigenvalue weighted by molar-refractivity contribution is 0.0917. The number of rotatable bonds is 4. The van der Waals surface area contributed by atoms with Gasteiger partial charge in [-0.2, -0.15) is 5.10 Å². The summed E-state index contributed by atoms with van der Waals surface area (Å²) in [6.07, 6.45) is 7.70. The van der Waals surface area contributed by atoms with Gasteiger partial charge in [0.25, 0.3) is 5.91 Å². The fourth-order valence-corrected chi connectivity index (χ4v) is 3.75. The molecule has 0 radical (unpaired) electrons. The molecule has 4 rings (SSSR count). The quantitative estimate of drug-likeness (QED) is 0.835. The lowest BCUT2D eigenvalue weighted by Gasteiger charge is -2.28. The molecule has 0 bridgehead atoms. The zero-order valence-corrected chi connectivity index (χ0v) is 14.9. The number of nitrogen functional groups attached to an aromatic ring is 1. The third kappa shape index (κ3) is 3.30. The molecule has 8 heteroatoms. The Labute approximate surface area is 152 Å². The summed E-state index contributed by atoms with van der Waals surface area (Å²) in [4.78, 5) is 19.4. The number of ether oxygens (including phenoxy) is 1. The van der Waals surface area contributed by atoms with Gasteiger partial charge < -0.3 is 15.8 Å². The molecule has 138 valence electrons. The van der Waals surface area contributed by atoms with Crippen LogP contribution in [0.2, 0.25) is 0 Å². The van der Waals surface area contributed by atoms with E-state index < -0.39 is 0 Å². The maximum Gasteiger partial charge on any atom is 0.255 e. The Morgan fingerprint density at radius 3 is 2.81 bits per heavy atom. The van der Waals surface area contributed by atoms with E-state index >= 15 is 0 Å². The predicted molar refractivity (Wildman–Crippen MR) is 97.5 cm³/mol. The van der Waals surface area contributed by atoms with Crippen LogP contribution < -0.4 is 11.1 Å². The fraction of sp³-hybridized carbons (Fsp3) is 0.500. The van der Waals surface area contributed by atoms with Crippen molar-refractivity contribution in [2.45, 2.75) is 24.9 Å². The number of amides is 1. The lowest BCUT2D eigenvalue weighted by atomic mass is 10.1. The molecule has 2 aliphatic heterocycles. The van der Waals surface area contributed by atoms with Gasteiger partial charge in [-0.25, -0.2) is 4.98 Å². The van der Waals surface area contributed by atoms with Crippen molar-refractivity contribution in [2.75, 3.05) is 32.0 Å². The number of aromatic nitrogens is 3.